The molecule has 0 atom stereocenters. The summed E-state index contributed by atoms with van der Waals surface area (Å²) in [5.74, 6) is 0. The zero-order valence-electron chi connectivity index (χ0n) is 4.67. The molecule has 7 heteroatoms. The van der Waals surface area contributed by atoms with Crippen molar-refractivity contribution >= 4 is 9.05 Å². The molecule has 0 aliphatic carbocycles. The monoisotopic (exact) mass is 175 g/mol. The summed E-state index contributed by atoms with van der Waals surface area (Å²) in [5, 5.41) is 0. The molecule has 0 aliphatic heterocycles. The topological polar surface area (TPSA) is 80.9 Å². The fourth-order valence-corrected chi connectivity index (χ4v) is 0. The molecule has 4 N–H and O–H groups in total. The van der Waals surface area contributed by atoms with Crippen LogP contribution in [0.25, 0.3) is 0 Å². The van der Waals surface area contributed by atoms with Crippen LogP contribution in [0.5, 0.6) is 0 Å². The van der Waals surface area contributed by atoms with Crippen molar-refractivity contribution in [3.05, 3.63) is 0 Å². The Hall–Kier alpha value is 1.58. The van der Waals surface area contributed by atoms with E-state index in [2.05, 4.69) is 0 Å². The molecule has 0 aromatic carbocycles. The third-order valence-corrected chi connectivity index (χ3v) is 0. The van der Waals surface area contributed by atoms with Crippen LogP contribution in [0.1, 0.15) is 1.43 Å². The third-order valence-electron chi connectivity index (χ3n) is 0. The van der Waals surface area contributed by atoms with Crippen LogP contribution < -0.4 is 29.6 Å². The molecule has 0 aliphatic rings. The van der Waals surface area contributed by atoms with E-state index in [-0.39, 0.29) is 48.1 Å². The molecule has 0 bridgehead atoms. The van der Waals surface area contributed by atoms with Crippen LogP contribution in [-0.4, -0.2) is 28.2 Å². The number of hydrogen-bond donors (Lipinski definition) is 4. The molecule has 7 heavy (non-hydrogen) atoms. The molecule has 0 saturated carbocycles. The summed E-state index contributed by atoms with van der Waals surface area (Å²) < 4.78 is 0. The van der Waals surface area contributed by atoms with Crippen molar-refractivity contribution < 1.29 is 67.2 Å². The van der Waals surface area contributed by atoms with E-state index < -0.39 is 9.05 Å². The van der Waals surface area contributed by atoms with Gasteiger partial charge in [-0.2, -0.15) is 0 Å². The Morgan fingerprint density at radius 3 is 1.00 bits per heavy atom. The van der Waals surface area contributed by atoms with E-state index in [0.717, 1.165) is 0 Å². The van der Waals surface area contributed by atoms with Crippen molar-refractivity contribution in [3.63, 3.8) is 0 Å². The van der Waals surface area contributed by atoms with Gasteiger partial charge in [0.15, 0.2) is 0 Å². The molecular formula is H5MnNaO4Si. The van der Waals surface area contributed by atoms with Crippen LogP contribution in [0.4, 0.5) is 0 Å². The fourth-order valence-electron chi connectivity index (χ4n) is 0. The second-order valence-electron chi connectivity index (χ2n) is 0.600. The SMILES string of the molecule is O[Si](O)(O)O.[H-].[Mn].[Na+]. The Balaban J connectivity index is -0.0000000267. The first kappa shape index (κ1) is 15.8. The predicted molar refractivity (Wildman–Crippen MR) is 15.7 cm³/mol. The summed E-state index contributed by atoms with van der Waals surface area (Å²) in [6.07, 6.45) is 0. The van der Waals surface area contributed by atoms with Crippen molar-refractivity contribution in [3.8, 4) is 0 Å². The molecular weight excluding hydrogens is 170 g/mol. The van der Waals surface area contributed by atoms with Crippen molar-refractivity contribution in [2.75, 3.05) is 0 Å². The van der Waals surface area contributed by atoms with Crippen molar-refractivity contribution in [1.82, 2.24) is 0 Å². The minimum atomic E-state index is -4.61. The van der Waals surface area contributed by atoms with Gasteiger partial charge in [0.2, 0.25) is 0 Å². The largest absolute Gasteiger partial charge is 1.00 e. The van der Waals surface area contributed by atoms with E-state index in [4.69, 9.17) is 19.2 Å². The summed E-state index contributed by atoms with van der Waals surface area (Å²) in [4.78, 5) is 29.3. The Bertz CT molecular complexity index is 31.5. The normalized spacial score (nSPS) is 8.57. The molecule has 0 aromatic heterocycles. The molecule has 0 fully saturated rings. The average Bonchev–Trinajstić information content (AvgIpc) is 0.722. The molecule has 0 heterocycles. The quantitative estimate of drug-likeness (QED) is 0.277. The second kappa shape index (κ2) is 5.71. The van der Waals surface area contributed by atoms with Gasteiger partial charge in [-0.25, -0.2) is 0 Å². The molecule has 0 unspecified atom stereocenters. The first-order valence-corrected chi connectivity index (χ1v) is 2.68. The number of rotatable bonds is 0. The van der Waals surface area contributed by atoms with Gasteiger partial charge in [-0.05, 0) is 0 Å². The van der Waals surface area contributed by atoms with Crippen LogP contribution in [0.15, 0.2) is 0 Å². The van der Waals surface area contributed by atoms with Crippen molar-refractivity contribution in [2.45, 2.75) is 0 Å². The maximum atomic E-state index is 7.33. The Morgan fingerprint density at radius 2 is 1.00 bits per heavy atom. The van der Waals surface area contributed by atoms with Gasteiger partial charge in [0.1, 0.15) is 0 Å². The molecule has 1 radical (unpaired) electrons. The smallest absolute Gasteiger partial charge is 1.00 e. The van der Waals surface area contributed by atoms with Crippen LogP contribution >= 0.6 is 0 Å². The van der Waals surface area contributed by atoms with Crippen LogP contribution in [0, 0.1) is 0 Å². The Labute approximate surface area is 75.9 Å². The minimum absolute atomic E-state index is 0. The van der Waals surface area contributed by atoms with Gasteiger partial charge in [0, 0.05) is 17.1 Å². The van der Waals surface area contributed by atoms with E-state index in [1.54, 1.807) is 0 Å². The van der Waals surface area contributed by atoms with Gasteiger partial charge < -0.3 is 20.6 Å². The second-order valence-corrected chi connectivity index (χ2v) is 1.80. The molecule has 41 valence electrons. The zero-order chi connectivity index (χ0) is 4.50. The van der Waals surface area contributed by atoms with E-state index in [1.165, 1.54) is 0 Å². The summed E-state index contributed by atoms with van der Waals surface area (Å²) in [6, 6.07) is 0. The van der Waals surface area contributed by atoms with Crippen LogP contribution in [0.3, 0.4) is 0 Å². The Morgan fingerprint density at radius 1 is 1.00 bits per heavy atom. The van der Waals surface area contributed by atoms with Gasteiger partial charge in [0.25, 0.3) is 0 Å². The van der Waals surface area contributed by atoms with Crippen LogP contribution in [0.2, 0.25) is 0 Å². The Kier molecular flexibility index (Phi) is 12.9. The first-order valence-electron chi connectivity index (χ1n) is 0.894. The van der Waals surface area contributed by atoms with Crippen molar-refractivity contribution in [1.29, 1.82) is 0 Å². The minimum Gasteiger partial charge on any atom is -1.00 e. The van der Waals surface area contributed by atoms with E-state index in [0.29, 0.717) is 0 Å². The summed E-state index contributed by atoms with van der Waals surface area (Å²) >= 11 is 0. The molecule has 4 nitrogen and oxygen atoms in total. The zero-order valence-corrected chi connectivity index (χ0v) is 7.85. The third kappa shape index (κ3) is 94.8. The van der Waals surface area contributed by atoms with E-state index in [1.807, 2.05) is 0 Å². The standard InChI is InChI=1S/Mn.Na.H4O4Si.H/c;;1-5(2,3)4;/h;;1-4H;/q;+1;;-1. The van der Waals surface area contributed by atoms with E-state index in [9.17, 15) is 0 Å². The molecule has 0 saturated heterocycles. The average molecular weight is 175 g/mol. The predicted octanol–water partition coefficient (Wildman–Crippen LogP) is -5.49. The molecule has 0 aromatic rings. The molecule has 0 rings (SSSR count). The van der Waals surface area contributed by atoms with Gasteiger partial charge in [-0.1, -0.05) is 0 Å². The number of hydrogen-bond acceptors (Lipinski definition) is 4. The van der Waals surface area contributed by atoms with E-state index >= 15 is 0 Å². The van der Waals surface area contributed by atoms with Gasteiger partial charge in [0.05, 0.1) is 0 Å². The van der Waals surface area contributed by atoms with Gasteiger partial charge in [-0.3, -0.25) is 0 Å². The fraction of sp³-hybridized carbons (Fsp3) is 0. The summed E-state index contributed by atoms with van der Waals surface area (Å²) in [5.41, 5.74) is 0. The molecule has 0 spiro atoms. The maximum Gasteiger partial charge on any atom is 1.00 e. The van der Waals surface area contributed by atoms with Gasteiger partial charge in [-0.15, -0.1) is 0 Å². The summed E-state index contributed by atoms with van der Waals surface area (Å²) in [6.45, 7) is 0. The van der Waals surface area contributed by atoms with Crippen molar-refractivity contribution in [2.24, 2.45) is 0 Å². The first-order chi connectivity index (χ1) is 2.00. The maximum absolute atomic E-state index is 7.33. The summed E-state index contributed by atoms with van der Waals surface area (Å²) in [7, 11) is -4.61. The van der Waals surface area contributed by atoms with Crippen LogP contribution in [-0.2, 0) is 17.1 Å². The molecule has 0 amide bonds. The van der Waals surface area contributed by atoms with Gasteiger partial charge >= 0.3 is 38.6 Å².